The van der Waals surface area contributed by atoms with Crippen molar-refractivity contribution in [1.29, 1.82) is 0 Å². The molecule has 2 aliphatic rings. The summed E-state index contributed by atoms with van der Waals surface area (Å²) in [6.07, 6.45) is 7.83. The van der Waals surface area contributed by atoms with Crippen LogP contribution in [0.4, 0.5) is 5.95 Å². The lowest BCUT2D eigenvalue weighted by Crippen LogP contribution is -2.42. The Balaban J connectivity index is 1.30. The highest BCUT2D eigenvalue weighted by Gasteiger charge is 2.30. The molecule has 30 heavy (non-hydrogen) atoms. The smallest absolute Gasteiger partial charge is 0.246 e. The van der Waals surface area contributed by atoms with E-state index in [0.717, 1.165) is 41.3 Å². The molecule has 2 N–H and O–H groups in total. The maximum atomic E-state index is 12.6. The number of imidazole rings is 1. The summed E-state index contributed by atoms with van der Waals surface area (Å²) in [7, 11) is -1.48. The summed E-state index contributed by atoms with van der Waals surface area (Å²) in [5.74, 6) is 1.56. The number of rotatable bonds is 4. The number of aromatic amines is 1. The first kappa shape index (κ1) is 19.2. The number of aryl methyl sites for hydroxylation is 3. The molecule has 0 spiro atoms. The molecule has 4 heterocycles. The first-order valence-electron chi connectivity index (χ1n) is 10.1. The topological polar surface area (TPSA) is 122 Å². The summed E-state index contributed by atoms with van der Waals surface area (Å²) in [5.41, 5.74) is 4.24. The van der Waals surface area contributed by atoms with Crippen LogP contribution in [0.3, 0.4) is 0 Å². The standard InChI is InChI=1S/C19H24N8O2S/c1-12-23-16-4-3-13-9-20-19(25-17(13)18(16)26(12)2)24-14-5-7-27(8-6-14)30(28,29)15-10-21-22-11-15/h9-11,14H,3-8H2,1-2H3,(H,21,22)(H,20,24,25). The van der Waals surface area contributed by atoms with Crippen LogP contribution in [0.15, 0.2) is 23.5 Å². The summed E-state index contributed by atoms with van der Waals surface area (Å²) >= 11 is 0. The van der Waals surface area contributed by atoms with Crippen LogP contribution < -0.4 is 5.32 Å². The molecule has 0 unspecified atom stereocenters. The number of sulfonamides is 1. The number of hydrogen-bond acceptors (Lipinski definition) is 7. The second-order valence-corrected chi connectivity index (χ2v) is 9.78. The van der Waals surface area contributed by atoms with Crippen LogP contribution in [0, 0.1) is 6.92 Å². The van der Waals surface area contributed by atoms with Crippen LogP contribution in [0.25, 0.3) is 11.4 Å². The van der Waals surface area contributed by atoms with Crippen LogP contribution >= 0.6 is 0 Å². The zero-order valence-electron chi connectivity index (χ0n) is 17.0. The van der Waals surface area contributed by atoms with Crippen molar-refractivity contribution in [2.24, 2.45) is 7.05 Å². The number of fused-ring (bicyclic) bond motifs is 3. The zero-order valence-corrected chi connectivity index (χ0v) is 17.8. The quantitative estimate of drug-likeness (QED) is 0.642. The highest BCUT2D eigenvalue weighted by molar-refractivity contribution is 7.89. The Kier molecular flexibility index (Phi) is 4.58. The minimum Gasteiger partial charge on any atom is -0.351 e. The van der Waals surface area contributed by atoms with Gasteiger partial charge in [-0.25, -0.2) is 23.4 Å². The van der Waals surface area contributed by atoms with Crippen molar-refractivity contribution in [3.05, 3.63) is 35.7 Å². The largest absolute Gasteiger partial charge is 0.351 e. The predicted octanol–water partition coefficient (Wildman–Crippen LogP) is 1.27. The maximum absolute atomic E-state index is 12.6. The monoisotopic (exact) mass is 428 g/mol. The highest BCUT2D eigenvalue weighted by Crippen LogP contribution is 2.32. The summed E-state index contributed by atoms with van der Waals surface area (Å²) < 4.78 is 28.9. The average Bonchev–Trinajstić information content (AvgIpc) is 3.38. The molecular weight excluding hydrogens is 404 g/mol. The number of H-pyrrole nitrogens is 1. The van der Waals surface area contributed by atoms with Crippen LogP contribution in [0.1, 0.15) is 29.9 Å². The first-order valence-corrected chi connectivity index (χ1v) is 11.5. The normalized spacial score (nSPS) is 17.5. The van der Waals surface area contributed by atoms with E-state index >= 15 is 0 Å². The Hall–Kier alpha value is -2.79. The fraction of sp³-hybridized carbons (Fsp3) is 0.474. The fourth-order valence-corrected chi connectivity index (χ4v) is 5.60. The summed E-state index contributed by atoms with van der Waals surface area (Å²) in [5, 5.41) is 9.71. The van der Waals surface area contributed by atoms with E-state index in [1.165, 1.54) is 16.7 Å². The average molecular weight is 429 g/mol. The third kappa shape index (κ3) is 3.18. The van der Waals surface area contributed by atoms with Gasteiger partial charge in [0.25, 0.3) is 0 Å². The third-order valence-corrected chi connectivity index (χ3v) is 7.87. The number of piperidine rings is 1. The van der Waals surface area contributed by atoms with Crippen molar-refractivity contribution >= 4 is 16.0 Å². The summed E-state index contributed by atoms with van der Waals surface area (Å²) in [4.78, 5) is 14.2. The van der Waals surface area contributed by atoms with Crippen LogP contribution in [-0.2, 0) is 29.9 Å². The molecule has 0 bridgehead atoms. The van der Waals surface area contributed by atoms with Crippen molar-refractivity contribution in [3.8, 4) is 11.4 Å². The lowest BCUT2D eigenvalue weighted by atomic mass is 9.98. The van der Waals surface area contributed by atoms with Gasteiger partial charge in [0.15, 0.2) is 0 Å². The number of anilines is 1. The third-order valence-electron chi connectivity index (χ3n) is 6.01. The maximum Gasteiger partial charge on any atom is 0.246 e. The van der Waals surface area contributed by atoms with Gasteiger partial charge in [-0.05, 0) is 38.2 Å². The van der Waals surface area contributed by atoms with Gasteiger partial charge in [-0.3, -0.25) is 5.10 Å². The molecule has 3 aromatic rings. The lowest BCUT2D eigenvalue weighted by molar-refractivity contribution is 0.329. The number of nitrogens with one attached hydrogen (secondary N) is 2. The molecule has 1 aliphatic heterocycles. The molecule has 10 nitrogen and oxygen atoms in total. The van der Waals surface area contributed by atoms with Gasteiger partial charge >= 0.3 is 0 Å². The zero-order chi connectivity index (χ0) is 20.9. The molecule has 3 aromatic heterocycles. The highest BCUT2D eigenvalue weighted by atomic mass is 32.2. The van der Waals surface area contributed by atoms with E-state index in [1.807, 2.05) is 20.2 Å². The Labute approximate surface area is 174 Å². The van der Waals surface area contributed by atoms with Gasteiger partial charge in [0, 0.05) is 38.6 Å². The van der Waals surface area contributed by atoms with E-state index in [4.69, 9.17) is 4.98 Å². The van der Waals surface area contributed by atoms with Gasteiger partial charge in [0.2, 0.25) is 16.0 Å². The summed E-state index contributed by atoms with van der Waals surface area (Å²) in [6, 6.07) is 0.121. The van der Waals surface area contributed by atoms with Gasteiger partial charge in [-0.1, -0.05) is 0 Å². The van der Waals surface area contributed by atoms with Crippen LogP contribution in [-0.4, -0.2) is 61.6 Å². The van der Waals surface area contributed by atoms with E-state index in [-0.39, 0.29) is 10.9 Å². The molecule has 0 aromatic carbocycles. The van der Waals surface area contributed by atoms with Crippen molar-refractivity contribution < 1.29 is 8.42 Å². The molecule has 0 saturated carbocycles. The Morgan fingerprint density at radius 2 is 1.97 bits per heavy atom. The van der Waals surface area contributed by atoms with E-state index in [1.54, 1.807) is 0 Å². The van der Waals surface area contributed by atoms with Gasteiger partial charge < -0.3 is 9.88 Å². The molecule has 0 radical (unpaired) electrons. The van der Waals surface area contributed by atoms with E-state index in [0.29, 0.717) is 31.9 Å². The van der Waals surface area contributed by atoms with Crippen molar-refractivity contribution in [2.45, 2.75) is 43.5 Å². The second kappa shape index (κ2) is 7.17. The Morgan fingerprint density at radius 3 is 2.70 bits per heavy atom. The molecule has 5 rings (SSSR count). The predicted molar refractivity (Wildman–Crippen MR) is 110 cm³/mol. The molecule has 158 valence electrons. The van der Waals surface area contributed by atoms with Gasteiger partial charge in [0.1, 0.15) is 10.7 Å². The Morgan fingerprint density at radius 1 is 1.17 bits per heavy atom. The van der Waals surface area contributed by atoms with Gasteiger partial charge in [-0.2, -0.15) is 9.40 Å². The first-order chi connectivity index (χ1) is 14.4. The van der Waals surface area contributed by atoms with E-state index in [9.17, 15) is 8.42 Å². The lowest BCUT2D eigenvalue weighted by Gasteiger charge is -2.31. The SMILES string of the molecule is Cc1nc2c(n1C)-c1nc(NC3CCN(S(=O)(=O)c4cn[nH]c4)CC3)ncc1CC2. The van der Waals surface area contributed by atoms with Gasteiger partial charge in [-0.15, -0.1) is 0 Å². The van der Waals surface area contributed by atoms with E-state index in [2.05, 4.69) is 30.0 Å². The Bertz CT molecular complexity index is 1180. The van der Waals surface area contributed by atoms with E-state index < -0.39 is 10.0 Å². The van der Waals surface area contributed by atoms with Crippen LogP contribution in [0.5, 0.6) is 0 Å². The number of nitrogens with zero attached hydrogens (tertiary/aromatic N) is 6. The van der Waals surface area contributed by atoms with Crippen molar-refractivity contribution in [2.75, 3.05) is 18.4 Å². The molecule has 1 fully saturated rings. The number of hydrogen-bond donors (Lipinski definition) is 2. The van der Waals surface area contributed by atoms with Crippen molar-refractivity contribution in [1.82, 2.24) is 34.0 Å². The number of aromatic nitrogens is 6. The minimum atomic E-state index is -3.49. The van der Waals surface area contributed by atoms with Gasteiger partial charge in [0.05, 0.1) is 23.3 Å². The molecule has 0 amide bonds. The summed E-state index contributed by atoms with van der Waals surface area (Å²) in [6.45, 7) is 2.89. The molecule has 1 saturated heterocycles. The molecule has 0 atom stereocenters. The molecule has 1 aliphatic carbocycles. The van der Waals surface area contributed by atoms with Crippen LogP contribution in [0.2, 0.25) is 0 Å². The molecule has 11 heteroatoms. The fourth-order valence-electron chi connectivity index (χ4n) is 4.22. The minimum absolute atomic E-state index is 0.121. The second-order valence-electron chi connectivity index (χ2n) is 7.84. The van der Waals surface area contributed by atoms with Crippen molar-refractivity contribution in [3.63, 3.8) is 0 Å². The molecular formula is C19H24N8O2S.